The van der Waals surface area contributed by atoms with Crippen molar-refractivity contribution in [3.63, 3.8) is 0 Å². The molecule has 0 aromatic rings. The second-order valence-corrected chi connectivity index (χ2v) is 2.09. The maximum absolute atomic E-state index is 9.34. The molecular weight excluding hydrogens is 194 g/mol. The van der Waals surface area contributed by atoms with Crippen LogP contribution in [0.4, 0.5) is 0 Å². The standard InChI is InChI=1S/ClH2O4P.ClH3Si/c1-5-6(2,3)4;1-2/h(H2,2,3,4);2H3. The van der Waals surface area contributed by atoms with Crippen LogP contribution in [0.5, 0.6) is 0 Å². The zero-order valence-corrected chi connectivity index (χ0v) is 8.32. The third-order valence-electron chi connectivity index (χ3n) is 0.0899. The molecule has 2 N–H and O–H groups in total. The summed E-state index contributed by atoms with van der Waals surface area (Å²) in [5.74, 6) is 0. The second kappa shape index (κ2) is 6.03. The van der Waals surface area contributed by atoms with E-state index in [9.17, 15) is 4.57 Å². The zero-order chi connectivity index (χ0) is 7.21. The quantitative estimate of drug-likeness (QED) is 0.347. The SMILES string of the molecule is O=P(O)(O)OCl.[SiH3]Cl. The number of rotatable bonds is 1. The maximum Gasteiger partial charge on any atom is 0.486 e. The summed E-state index contributed by atoms with van der Waals surface area (Å²) in [5, 5.41) is 0. The molecule has 0 unspecified atom stereocenters. The molecule has 0 fully saturated rings. The van der Waals surface area contributed by atoms with E-state index in [4.69, 9.17) is 20.9 Å². The van der Waals surface area contributed by atoms with Crippen LogP contribution in [-0.4, -0.2) is 19.3 Å². The minimum atomic E-state index is -4.38. The first kappa shape index (κ1) is 11.7. The van der Waals surface area contributed by atoms with E-state index in [0.29, 0.717) is 0 Å². The van der Waals surface area contributed by atoms with E-state index in [0.717, 1.165) is 9.55 Å². The molecule has 8 heteroatoms. The minimum Gasteiger partial charge on any atom is -0.302 e. The first-order valence-corrected chi connectivity index (χ1v) is 6.16. The third kappa shape index (κ3) is 15.8. The summed E-state index contributed by atoms with van der Waals surface area (Å²) in [7, 11) is -3.60. The summed E-state index contributed by atoms with van der Waals surface area (Å²) in [6.07, 6.45) is 0. The summed E-state index contributed by atoms with van der Waals surface area (Å²) < 4.78 is 12.4. The van der Waals surface area contributed by atoms with Gasteiger partial charge in [-0.1, -0.05) is 0 Å². The molecule has 0 aromatic carbocycles. The molecule has 0 saturated heterocycles. The Kier molecular flexibility index (Phi) is 8.80. The molecule has 0 radical (unpaired) electrons. The Morgan fingerprint density at radius 2 is 1.62 bits per heavy atom. The molecule has 8 heavy (non-hydrogen) atoms. The maximum atomic E-state index is 9.34. The van der Waals surface area contributed by atoms with Gasteiger partial charge in [-0.05, 0) is 0 Å². The van der Waals surface area contributed by atoms with E-state index >= 15 is 0 Å². The smallest absolute Gasteiger partial charge is 0.302 e. The van der Waals surface area contributed by atoms with E-state index in [-0.39, 0.29) is 0 Å². The normalized spacial score (nSPS) is 10.0. The van der Waals surface area contributed by atoms with Crippen molar-refractivity contribution in [2.45, 2.75) is 0 Å². The lowest BCUT2D eigenvalue weighted by Crippen LogP contribution is -1.70. The van der Waals surface area contributed by atoms with Crippen LogP contribution < -0.4 is 0 Å². The lowest BCUT2D eigenvalue weighted by molar-refractivity contribution is 0.292. The van der Waals surface area contributed by atoms with E-state index < -0.39 is 7.82 Å². The highest BCUT2D eigenvalue weighted by molar-refractivity contribution is 7.47. The Morgan fingerprint density at radius 1 is 1.50 bits per heavy atom. The molecule has 0 rings (SSSR count). The Labute approximate surface area is 59.3 Å². The predicted molar refractivity (Wildman–Crippen MR) is 34.8 cm³/mol. The third-order valence-corrected chi connectivity index (χ3v) is 0.809. The van der Waals surface area contributed by atoms with Crippen LogP contribution in [0.2, 0.25) is 0 Å². The molecular formula is H5Cl2O4PSi. The average molecular weight is 199 g/mol. The summed E-state index contributed by atoms with van der Waals surface area (Å²) in [6.45, 7) is 0. The van der Waals surface area contributed by atoms with Crippen LogP contribution in [0.1, 0.15) is 0 Å². The van der Waals surface area contributed by atoms with Gasteiger partial charge in [0, 0.05) is 0 Å². The van der Waals surface area contributed by atoms with Crippen molar-refractivity contribution in [3.8, 4) is 0 Å². The summed E-state index contributed by atoms with van der Waals surface area (Å²) in [5.41, 5.74) is 0. The Hall–Kier alpha value is 0.907. The van der Waals surface area contributed by atoms with Gasteiger partial charge in [-0.15, -0.1) is 0 Å². The van der Waals surface area contributed by atoms with Crippen LogP contribution in [0.3, 0.4) is 0 Å². The fraction of sp³-hybridized carbons (Fsp3) is 0. The molecule has 4 nitrogen and oxygen atoms in total. The predicted octanol–water partition coefficient (Wildman–Crippen LogP) is -0.245. The van der Waals surface area contributed by atoms with E-state index in [1.807, 2.05) is 0 Å². The van der Waals surface area contributed by atoms with Crippen molar-refractivity contribution in [2.24, 2.45) is 0 Å². The molecule has 0 amide bonds. The fourth-order valence-corrected chi connectivity index (χ4v) is 0. The van der Waals surface area contributed by atoms with Gasteiger partial charge in [0.15, 0.2) is 0 Å². The molecule has 0 spiro atoms. The van der Waals surface area contributed by atoms with Gasteiger partial charge in [0.05, 0.1) is 11.9 Å². The zero-order valence-electron chi connectivity index (χ0n) is 3.91. The second-order valence-electron chi connectivity index (χ2n) is 0.560. The van der Waals surface area contributed by atoms with E-state index in [1.54, 1.807) is 0 Å². The molecule has 0 bridgehead atoms. The van der Waals surface area contributed by atoms with Gasteiger partial charge in [-0.25, -0.2) is 4.57 Å². The lowest BCUT2D eigenvalue weighted by atomic mass is 15.8. The van der Waals surface area contributed by atoms with Gasteiger partial charge >= 0.3 is 7.82 Å². The van der Waals surface area contributed by atoms with Crippen molar-refractivity contribution in [1.29, 1.82) is 0 Å². The first-order chi connectivity index (χ1) is 3.56. The molecule has 0 aliphatic heterocycles. The molecule has 0 saturated carbocycles. The van der Waals surface area contributed by atoms with Crippen LogP contribution >= 0.6 is 30.8 Å². The molecule has 52 valence electrons. The van der Waals surface area contributed by atoms with Crippen LogP contribution in [0.25, 0.3) is 0 Å². The number of hydrogen-bond donors (Lipinski definition) is 2. The highest BCUT2D eigenvalue weighted by Crippen LogP contribution is 2.36. The highest BCUT2D eigenvalue weighted by atomic mass is 35.6. The molecule has 0 aliphatic carbocycles. The number of phosphoric acid groups is 1. The molecule has 0 aromatic heterocycles. The molecule has 0 atom stereocenters. The summed E-state index contributed by atoms with van der Waals surface area (Å²) in [4.78, 5) is 15.2. The summed E-state index contributed by atoms with van der Waals surface area (Å²) >= 11 is 8.99. The van der Waals surface area contributed by atoms with Gasteiger partial charge in [-0.3, -0.25) is 0 Å². The summed E-state index contributed by atoms with van der Waals surface area (Å²) in [6, 6.07) is 0. The van der Waals surface area contributed by atoms with Gasteiger partial charge in [0.25, 0.3) is 0 Å². The Bertz CT molecular complexity index is 78.1. The van der Waals surface area contributed by atoms with Gasteiger partial charge in [-0.2, -0.15) is 15.2 Å². The Balaban J connectivity index is 0. The largest absolute Gasteiger partial charge is 0.486 e. The monoisotopic (exact) mass is 198 g/mol. The van der Waals surface area contributed by atoms with Crippen LogP contribution in [0, 0.1) is 0 Å². The van der Waals surface area contributed by atoms with Crippen LogP contribution in [-0.2, 0) is 8.64 Å². The van der Waals surface area contributed by atoms with Crippen molar-refractivity contribution in [3.05, 3.63) is 0 Å². The van der Waals surface area contributed by atoms with E-state index in [2.05, 4.69) is 15.9 Å². The Morgan fingerprint density at radius 3 is 1.62 bits per heavy atom. The lowest BCUT2D eigenvalue weighted by Gasteiger charge is -1.89. The number of halogens is 2. The van der Waals surface area contributed by atoms with Gasteiger partial charge < -0.3 is 9.79 Å². The van der Waals surface area contributed by atoms with Gasteiger partial charge in [0.1, 0.15) is 9.55 Å². The van der Waals surface area contributed by atoms with Crippen LogP contribution in [0.15, 0.2) is 0 Å². The molecule has 0 aliphatic rings. The van der Waals surface area contributed by atoms with E-state index in [1.165, 1.54) is 0 Å². The number of hydrogen-bond acceptors (Lipinski definition) is 2. The minimum absolute atomic E-state index is 0.778. The highest BCUT2D eigenvalue weighted by Gasteiger charge is 2.10. The molecule has 0 heterocycles. The first-order valence-electron chi connectivity index (χ1n) is 1.30. The average Bonchev–Trinajstić information content (AvgIpc) is 1.71. The van der Waals surface area contributed by atoms with Gasteiger partial charge in [0.2, 0.25) is 0 Å². The topological polar surface area (TPSA) is 66.8 Å². The van der Waals surface area contributed by atoms with Crippen molar-refractivity contribution in [1.82, 2.24) is 0 Å². The fourth-order valence-electron chi connectivity index (χ4n) is 0. The van der Waals surface area contributed by atoms with Crippen molar-refractivity contribution >= 4 is 40.3 Å². The van der Waals surface area contributed by atoms with Crippen molar-refractivity contribution < 1.29 is 18.4 Å². The van der Waals surface area contributed by atoms with Crippen molar-refractivity contribution in [2.75, 3.05) is 0 Å².